The van der Waals surface area contributed by atoms with Gasteiger partial charge in [0.2, 0.25) is 11.8 Å². The highest BCUT2D eigenvalue weighted by atomic mass is 16.5. The quantitative estimate of drug-likeness (QED) is 0.736. The number of nitrogens with one attached hydrogen (secondary N) is 1. The lowest BCUT2D eigenvalue weighted by Crippen LogP contribution is -2.54. The van der Waals surface area contributed by atoms with Crippen molar-refractivity contribution in [2.45, 2.75) is 57.4 Å². The van der Waals surface area contributed by atoms with E-state index >= 15 is 0 Å². The van der Waals surface area contributed by atoms with Gasteiger partial charge in [-0.05, 0) is 62.6 Å². The van der Waals surface area contributed by atoms with Gasteiger partial charge in [0.25, 0.3) is 5.91 Å². The second-order valence-electron chi connectivity index (χ2n) is 9.36. The fourth-order valence-electron chi connectivity index (χ4n) is 5.39. The normalized spacial score (nSPS) is 20.9. The number of nitrogens with zero attached hydrogens (tertiary/aromatic N) is 2. The van der Waals surface area contributed by atoms with Crippen LogP contribution >= 0.6 is 0 Å². The molecule has 2 aliphatic heterocycles. The summed E-state index contributed by atoms with van der Waals surface area (Å²) in [6.07, 6.45) is 7.80. The van der Waals surface area contributed by atoms with E-state index in [1.807, 2.05) is 9.80 Å². The summed E-state index contributed by atoms with van der Waals surface area (Å²) >= 11 is 0. The molecule has 3 fully saturated rings. The lowest BCUT2D eigenvalue weighted by Gasteiger charge is -2.38. The Hall–Kier alpha value is -2.57. The van der Waals surface area contributed by atoms with Crippen molar-refractivity contribution < 1.29 is 19.1 Å². The minimum atomic E-state index is -0.560. The fourth-order valence-corrected chi connectivity index (χ4v) is 5.39. The number of benzene rings is 1. The maximum absolute atomic E-state index is 13.4. The first-order chi connectivity index (χ1) is 15.6. The maximum atomic E-state index is 13.4. The van der Waals surface area contributed by atoms with Crippen LogP contribution in [-0.2, 0) is 9.59 Å². The van der Waals surface area contributed by atoms with Gasteiger partial charge >= 0.3 is 0 Å². The highest BCUT2D eigenvalue weighted by molar-refractivity contribution is 5.98. The van der Waals surface area contributed by atoms with Crippen LogP contribution in [0.25, 0.3) is 0 Å². The van der Waals surface area contributed by atoms with Crippen LogP contribution in [0.5, 0.6) is 5.75 Å². The van der Waals surface area contributed by atoms with Crippen LogP contribution in [0, 0.1) is 11.8 Å². The molecule has 4 rings (SSSR count). The van der Waals surface area contributed by atoms with Crippen LogP contribution in [0.1, 0.15) is 61.7 Å². The lowest BCUT2D eigenvalue weighted by molar-refractivity contribution is -0.138. The number of hydrogen-bond donors (Lipinski definition) is 1. The molecule has 1 aromatic carbocycles. The third-order valence-corrected chi connectivity index (χ3v) is 7.33. The number of methoxy groups -OCH3 is 1. The Bertz CT molecular complexity index is 822. The van der Waals surface area contributed by atoms with E-state index in [0.717, 1.165) is 64.5 Å². The van der Waals surface area contributed by atoms with Crippen molar-refractivity contribution in [1.29, 1.82) is 0 Å². The summed E-state index contributed by atoms with van der Waals surface area (Å²) in [7, 11) is 1.57. The highest BCUT2D eigenvalue weighted by Gasteiger charge is 2.38. The number of amides is 3. The summed E-state index contributed by atoms with van der Waals surface area (Å²) in [5.74, 6) is 0.861. The second kappa shape index (κ2) is 10.4. The molecule has 7 nitrogen and oxygen atoms in total. The molecule has 1 atom stereocenters. The summed E-state index contributed by atoms with van der Waals surface area (Å²) in [6, 6.07) is 6.43. The molecule has 3 aliphatic rings. The number of carbonyl (C=O) groups excluding carboxylic acids is 3. The van der Waals surface area contributed by atoms with E-state index < -0.39 is 6.04 Å². The molecule has 1 saturated carbocycles. The van der Waals surface area contributed by atoms with E-state index in [4.69, 9.17) is 4.74 Å². The minimum Gasteiger partial charge on any atom is -0.497 e. The van der Waals surface area contributed by atoms with Gasteiger partial charge in [0.1, 0.15) is 11.8 Å². The van der Waals surface area contributed by atoms with Gasteiger partial charge in [-0.15, -0.1) is 0 Å². The van der Waals surface area contributed by atoms with Crippen LogP contribution in [0.3, 0.4) is 0 Å². The van der Waals surface area contributed by atoms with Crippen molar-refractivity contribution in [1.82, 2.24) is 15.1 Å². The zero-order chi connectivity index (χ0) is 22.5. The number of carbonyl (C=O) groups is 3. The van der Waals surface area contributed by atoms with Crippen LogP contribution < -0.4 is 10.1 Å². The van der Waals surface area contributed by atoms with Crippen LogP contribution in [-0.4, -0.2) is 66.9 Å². The maximum Gasteiger partial charge on any atom is 0.252 e. The van der Waals surface area contributed by atoms with Gasteiger partial charge < -0.3 is 19.9 Å². The first-order valence-electron chi connectivity index (χ1n) is 12.1. The summed E-state index contributed by atoms with van der Waals surface area (Å²) in [6.45, 7) is 2.84. The largest absolute Gasteiger partial charge is 0.497 e. The molecule has 32 heavy (non-hydrogen) atoms. The van der Waals surface area contributed by atoms with E-state index in [0.29, 0.717) is 24.4 Å². The molecule has 0 aromatic heterocycles. The molecular formula is C25H35N3O4. The molecule has 2 saturated heterocycles. The minimum absolute atomic E-state index is 0.0133. The Morgan fingerprint density at radius 2 is 1.62 bits per heavy atom. The van der Waals surface area contributed by atoms with Gasteiger partial charge in [0.15, 0.2) is 0 Å². The number of piperidine rings is 1. The van der Waals surface area contributed by atoms with E-state index in [9.17, 15) is 14.4 Å². The smallest absolute Gasteiger partial charge is 0.252 e. The van der Waals surface area contributed by atoms with Gasteiger partial charge in [-0.25, -0.2) is 0 Å². The van der Waals surface area contributed by atoms with Crippen LogP contribution in [0.4, 0.5) is 0 Å². The van der Waals surface area contributed by atoms with Crippen molar-refractivity contribution in [3.63, 3.8) is 0 Å². The van der Waals surface area contributed by atoms with Gasteiger partial charge in [-0.3, -0.25) is 14.4 Å². The van der Waals surface area contributed by atoms with Gasteiger partial charge in [-0.2, -0.15) is 0 Å². The average Bonchev–Trinajstić information content (AvgIpc) is 3.56. The fraction of sp³-hybridized carbons (Fsp3) is 0.640. The molecule has 0 spiro atoms. The Balaban J connectivity index is 1.44. The third-order valence-electron chi connectivity index (χ3n) is 7.33. The summed E-state index contributed by atoms with van der Waals surface area (Å²) < 4.78 is 5.24. The van der Waals surface area contributed by atoms with Crippen LogP contribution in [0.2, 0.25) is 0 Å². The number of ether oxygens (including phenoxy) is 1. The lowest BCUT2D eigenvalue weighted by atomic mass is 9.87. The van der Waals surface area contributed by atoms with Crippen molar-refractivity contribution in [2.24, 2.45) is 11.8 Å². The zero-order valence-corrected chi connectivity index (χ0v) is 19.1. The predicted octanol–water partition coefficient (Wildman–Crippen LogP) is 2.84. The van der Waals surface area contributed by atoms with Gasteiger partial charge in [0.05, 0.1) is 7.11 Å². The first kappa shape index (κ1) is 22.6. The van der Waals surface area contributed by atoms with Crippen molar-refractivity contribution in [3.05, 3.63) is 29.8 Å². The molecule has 1 unspecified atom stereocenters. The monoisotopic (exact) mass is 441 g/mol. The van der Waals surface area contributed by atoms with E-state index in [-0.39, 0.29) is 29.6 Å². The zero-order valence-electron chi connectivity index (χ0n) is 19.1. The topological polar surface area (TPSA) is 79.0 Å². The van der Waals surface area contributed by atoms with E-state index in [1.165, 1.54) is 0 Å². The predicted molar refractivity (Wildman–Crippen MR) is 121 cm³/mol. The molecule has 7 heteroatoms. The molecule has 3 amide bonds. The highest BCUT2D eigenvalue weighted by Crippen LogP contribution is 2.30. The van der Waals surface area contributed by atoms with Crippen LogP contribution in [0.15, 0.2) is 24.3 Å². The Morgan fingerprint density at radius 1 is 0.938 bits per heavy atom. The van der Waals surface area contributed by atoms with Crippen molar-refractivity contribution >= 4 is 17.7 Å². The van der Waals surface area contributed by atoms with E-state index in [1.54, 1.807) is 31.4 Å². The molecule has 0 bridgehead atoms. The Kier molecular flexibility index (Phi) is 7.33. The summed E-state index contributed by atoms with van der Waals surface area (Å²) in [5, 5.41) is 3.04. The number of hydrogen-bond acceptors (Lipinski definition) is 4. The number of rotatable bonds is 6. The molecule has 1 aromatic rings. The standard InChI is InChI=1S/C25H35N3O4/c1-32-21-10-6-9-20(17-21)23(29)26-22(25(31)27-13-4-5-14-27)18-11-15-28(16-12-18)24(30)19-7-2-3-8-19/h6,9-10,17-19,22H,2-5,7-8,11-16H2,1H3,(H,26,29). The van der Waals surface area contributed by atoms with Crippen molar-refractivity contribution in [2.75, 3.05) is 33.3 Å². The third kappa shape index (κ3) is 5.08. The molecular weight excluding hydrogens is 406 g/mol. The molecule has 1 aliphatic carbocycles. The molecule has 0 radical (unpaired) electrons. The van der Waals surface area contributed by atoms with Gasteiger partial charge in [0, 0.05) is 37.7 Å². The Labute approximate surface area is 190 Å². The SMILES string of the molecule is COc1cccc(C(=O)NC(C(=O)N2CCCC2)C2CCN(C(=O)C3CCCC3)CC2)c1. The molecule has 174 valence electrons. The molecule has 1 N–H and O–H groups in total. The van der Waals surface area contributed by atoms with E-state index in [2.05, 4.69) is 5.32 Å². The average molecular weight is 442 g/mol. The summed E-state index contributed by atoms with van der Waals surface area (Å²) in [5.41, 5.74) is 0.484. The number of likely N-dealkylation sites (tertiary alicyclic amines) is 2. The Morgan fingerprint density at radius 3 is 2.28 bits per heavy atom. The second-order valence-corrected chi connectivity index (χ2v) is 9.36. The molecule has 2 heterocycles. The summed E-state index contributed by atoms with van der Waals surface area (Å²) in [4.78, 5) is 43.1. The van der Waals surface area contributed by atoms with Gasteiger partial charge in [-0.1, -0.05) is 18.9 Å². The first-order valence-corrected chi connectivity index (χ1v) is 12.1. The van der Waals surface area contributed by atoms with Crippen molar-refractivity contribution in [3.8, 4) is 5.75 Å².